The Morgan fingerprint density at radius 2 is 2.06 bits per heavy atom. The molecule has 0 bridgehead atoms. The number of rotatable bonds is 5. The molecule has 0 radical (unpaired) electrons. The molecule has 0 unspecified atom stereocenters. The van der Waals surface area contributed by atoms with Gasteiger partial charge in [0.05, 0.1) is 11.7 Å². The molecule has 0 aromatic heterocycles. The Morgan fingerprint density at radius 1 is 1.22 bits per heavy atom. The number of nitrogens with one attached hydrogen (secondary N) is 1. The van der Waals surface area contributed by atoms with Crippen molar-refractivity contribution in [2.75, 3.05) is 25.0 Å². The Bertz CT molecular complexity index is 1050. The van der Waals surface area contributed by atoms with Gasteiger partial charge in [0, 0.05) is 50.1 Å². The quantitative estimate of drug-likeness (QED) is 0.661. The molecule has 1 saturated heterocycles. The number of carbonyl (C=O) groups excluding carboxylic acids is 1. The molecule has 0 spiro atoms. The Balaban J connectivity index is 1.19. The third-order valence-corrected chi connectivity index (χ3v) is 6.89. The molecule has 5 rings (SSSR count). The van der Waals surface area contributed by atoms with E-state index in [1.165, 1.54) is 0 Å². The Labute approximate surface area is 184 Å². The highest BCUT2D eigenvalue weighted by atomic mass is 19.1. The zero-order valence-electron chi connectivity index (χ0n) is 17.6. The fraction of sp³-hybridized carbons (Fsp3) is 0.458. The van der Waals surface area contributed by atoms with Gasteiger partial charge in [-0.2, -0.15) is 0 Å². The molecule has 3 aliphatic rings. The fourth-order valence-electron chi connectivity index (χ4n) is 5.32. The molecule has 2 aromatic carbocycles. The molecule has 2 fully saturated rings. The number of hydrogen-bond acceptors (Lipinski definition) is 5. The molecule has 4 atom stereocenters. The number of halogens is 2. The van der Waals surface area contributed by atoms with Gasteiger partial charge in [0.1, 0.15) is 11.9 Å². The summed E-state index contributed by atoms with van der Waals surface area (Å²) in [6.07, 6.45) is 0.866. The predicted octanol–water partition coefficient (Wildman–Crippen LogP) is 2.79. The second kappa shape index (κ2) is 8.10. The first-order valence-corrected chi connectivity index (χ1v) is 11.0. The smallest absolute Gasteiger partial charge is 0.224 e. The summed E-state index contributed by atoms with van der Waals surface area (Å²) in [5, 5.41) is 24.7. The number of likely N-dealkylation sites (tertiary alicyclic amines) is 1. The molecule has 2 aliphatic heterocycles. The van der Waals surface area contributed by atoms with Crippen LogP contribution in [0, 0.1) is 17.6 Å². The van der Waals surface area contributed by atoms with Gasteiger partial charge in [-0.25, -0.2) is 8.78 Å². The van der Waals surface area contributed by atoms with E-state index in [0.717, 1.165) is 35.0 Å². The van der Waals surface area contributed by atoms with Crippen LogP contribution in [0.4, 0.5) is 14.5 Å². The van der Waals surface area contributed by atoms with Crippen LogP contribution >= 0.6 is 0 Å². The number of amides is 1. The maximum absolute atomic E-state index is 13.9. The maximum Gasteiger partial charge on any atom is 0.224 e. The van der Waals surface area contributed by atoms with Crippen molar-refractivity contribution in [3.63, 3.8) is 0 Å². The van der Waals surface area contributed by atoms with Crippen molar-refractivity contribution in [1.29, 1.82) is 0 Å². The summed E-state index contributed by atoms with van der Waals surface area (Å²) in [4.78, 5) is 13.6. The zero-order valence-corrected chi connectivity index (χ0v) is 17.6. The summed E-state index contributed by atoms with van der Waals surface area (Å²) in [7, 11) is 0. The Morgan fingerprint density at radius 3 is 2.88 bits per heavy atom. The number of ether oxygens (including phenoxy) is 1. The van der Waals surface area contributed by atoms with Gasteiger partial charge in [-0.1, -0.05) is 12.1 Å². The second-order valence-electron chi connectivity index (χ2n) is 9.23. The fourth-order valence-corrected chi connectivity index (χ4v) is 5.32. The topological polar surface area (TPSA) is 82.0 Å². The number of aryl methyl sites for hydroxylation is 1. The summed E-state index contributed by atoms with van der Waals surface area (Å²) in [6, 6.07) is 8.68. The number of hydrogen-bond donors (Lipinski definition) is 3. The van der Waals surface area contributed by atoms with Crippen LogP contribution in [0.5, 0.6) is 5.75 Å². The average Bonchev–Trinajstić information content (AvgIpc) is 3.20. The average molecular weight is 444 g/mol. The molecule has 1 aliphatic carbocycles. The van der Waals surface area contributed by atoms with E-state index in [4.69, 9.17) is 4.74 Å². The lowest BCUT2D eigenvalue weighted by atomic mass is 9.95. The molecular weight excluding hydrogens is 418 g/mol. The van der Waals surface area contributed by atoms with Gasteiger partial charge >= 0.3 is 0 Å². The lowest BCUT2D eigenvalue weighted by Crippen LogP contribution is -2.36. The molecule has 2 heterocycles. The lowest BCUT2D eigenvalue weighted by molar-refractivity contribution is -0.116. The van der Waals surface area contributed by atoms with Crippen LogP contribution in [0.25, 0.3) is 0 Å². The first-order valence-electron chi connectivity index (χ1n) is 11.0. The van der Waals surface area contributed by atoms with Crippen molar-refractivity contribution in [2.45, 2.75) is 43.5 Å². The molecule has 1 saturated carbocycles. The van der Waals surface area contributed by atoms with Crippen molar-refractivity contribution in [2.24, 2.45) is 5.92 Å². The van der Waals surface area contributed by atoms with Crippen LogP contribution in [0.2, 0.25) is 0 Å². The van der Waals surface area contributed by atoms with Gasteiger partial charge in [-0.05, 0) is 42.2 Å². The number of benzene rings is 2. The van der Waals surface area contributed by atoms with Crippen LogP contribution in [-0.4, -0.2) is 52.4 Å². The van der Waals surface area contributed by atoms with E-state index in [9.17, 15) is 23.8 Å². The maximum atomic E-state index is 13.9. The van der Waals surface area contributed by atoms with Gasteiger partial charge < -0.3 is 20.3 Å². The summed E-state index contributed by atoms with van der Waals surface area (Å²) in [5.74, 6) is -1.37. The Kier molecular flexibility index (Phi) is 5.39. The number of fused-ring (bicyclic) bond motifs is 2. The van der Waals surface area contributed by atoms with Crippen molar-refractivity contribution < 1.29 is 28.5 Å². The predicted molar refractivity (Wildman–Crippen MR) is 113 cm³/mol. The minimum atomic E-state index is -0.978. The standard InChI is InChI=1S/C24H26F2N2O4/c25-17-3-4-19(26)22(9-17)32-18-8-16-11-28(13-24(16,31)10-18)12-21(29)15-1-5-20-14(7-15)2-6-23(30)27-20/h1,3-5,7,9,16,18,21,29,31H,2,6,8,10-13H2,(H,27,30)/t16-,18+,21-,24-/m0/s1. The molecule has 170 valence electrons. The Hall–Kier alpha value is -2.55. The summed E-state index contributed by atoms with van der Waals surface area (Å²) in [6.45, 7) is 1.37. The molecule has 3 N–H and O–H groups in total. The molecule has 32 heavy (non-hydrogen) atoms. The lowest BCUT2D eigenvalue weighted by Gasteiger charge is -2.25. The van der Waals surface area contributed by atoms with Crippen LogP contribution in [0.3, 0.4) is 0 Å². The van der Waals surface area contributed by atoms with Crippen molar-refractivity contribution in [1.82, 2.24) is 4.90 Å². The normalized spacial score (nSPS) is 28.2. The summed E-state index contributed by atoms with van der Waals surface area (Å²) < 4.78 is 33.0. The molecule has 2 aromatic rings. The first-order chi connectivity index (χ1) is 15.3. The van der Waals surface area contributed by atoms with E-state index >= 15 is 0 Å². The monoisotopic (exact) mass is 444 g/mol. The van der Waals surface area contributed by atoms with Crippen molar-refractivity contribution in [3.8, 4) is 5.75 Å². The molecule has 1 amide bonds. The zero-order chi connectivity index (χ0) is 22.5. The van der Waals surface area contributed by atoms with E-state index in [0.29, 0.717) is 45.3 Å². The summed E-state index contributed by atoms with van der Waals surface area (Å²) >= 11 is 0. The third kappa shape index (κ3) is 4.10. The van der Waals surface area contributed by atoms with Gasteiger partial charge in [0.25, 0.3) is 0 Å². The third-order valence-electron chi connectivity index (χ3n) is 6.89. The number of carbonyl (C=O) groups is 1. The van der Waals surface area contributed by atoms with Crippen molar-refractivity contribution >= 4 is 11.6 Å². The number of aliphatic hydroxyl groups excluding tert-OH is 1. The van der Waals surface area contributed by atoms with Crippen LogP contribution in [0.15, 0.2) is 36.4 Å². The van der Waals surface area contributed by atoms with E-state index in [-0.39, 0.29) is 23.7 Å². The summed E-state index contributed by atoms with van der Waals surface area (Å²) in [5.41, 5.74) is 1.62. The van der Waals surface area contributed by atoms with E-state index in [1.807, 2.05) is 23.1 Å². The van der Waals surface area contributed by atoms with Crippen LogP contribution in [-0.2, 0) is 11.2 Å². The van der Waals surface area contributed by atoms with Gasteiger partial charge in [-0.3, -0.25) is 9.69 Å². The van der Waals surface area contributed by atoms with Crippen LogP contribution < -0.4 is 10.1 Å². The van der Waals surface area contributed by atoms with Gasteiger partial charge in [0.15, 0.2) is 11.6 Å². The highest BCUT2D eigenvalue weighted by Crippen LogP contribution is 2.43. The van der Waals surface area contributed by atoms with Crippen molar-refractivity contribution in [3.05, 3.63) is 59.2 Å². The highest BCUT2D eigenvalue weighted by Gasteiger charge is 2.53. The number of aliphatic hydroxyl groups is 2. The molecule has 6 nitrogen and oxygen atoms in total. The number of anilines is 1. The number of β-amino-alcohol motifs (C(OH)–C–C–N with tert-alkyl or cyclic N) is 2. The number of nitrogens with zero attached hydrogens (tertiary/aromatic N) is 1. The highest BCUT2D eigenvalue weighted by molar-refractivity contribution is 5.93. The first kappa shape index (κ1) is 21.3. The van der Waals surface area contributed by atoms with E-state index < -0.39 is 23.3 Å². The minimum absolute atomic E-state index is 0.00469. The molecule has 8 heteroatoms. The van der Waals surface area contributed by atoms with Gasteiger partial charge in [-0.15, -0.1) is 0 Å². The van der Waals surface area contributed by atoms with Crippen LogP contribution in [0.1, 0.15) is 36.5 Å². The largest absolute Gasteiger partial charge is 0.487 e. The minimum Gasteiger partial charge on any atom is -0.487 e. The SMILES string of the molecule is O=C1CCc2cc([C@@H](O)CN3C[C@@H]4C[C@@H](Oc5cc(F)ccc5F)C[C@]4(O)C3)ccc2N1. The second-order valence-corrected chi connectivity index (χ2v) is 9.23. The van der Waals surface area contributed by atoms with E-state index in [1.54, 1.807) is 0 Å². The van der Waals surface area contributed by atoms with E-state index in [2.05, 4.69) is 5.32 Å². The molecular formula is C24H26F2N2O4. The van der Waals surface area contributed by atoms with Gasteiger partial charge in [0.2, 0.25) is 5.91 Å².